The van der Waals surface area contributed by atoms with E-state index in [0.29, 0.717) is 21.2 Å². The molecule has 182 valence electrons. The lowest BCUT2D eigenvalue weighted by Gasteiger charge is -2.10. The van der Waals surface area contributed by atoms with Gasteiger partial charge in [0, 0.05) is 28.2 Å². The van der Waals surface area contributed by atoms with Crippen LogP contribution < -0.4 is 11.1 Å². The van der Waals surface area contributed by atoms with Crippen LogP contribution in [0.3, 0.4) is 0 Å². The maximum absolute atomic E-state index is 13.5. The Kier molecular flexibility index (Phi) is 6.84. The number of carbonyl (C=O) groups is 1. The van der Waals surface area contributed by atoms with Crippen LogP contribution in [-0.2, 0) is 17.5 Å². The molecule has 4 aromatic rings. The quantitative estimate of drug-likeness (QED) is 0.371. The number of amides is 1. The van der Waals surface area contributed by atoms with E-state index in [9.17, 15) is 18.0 Å². The normalized spacial score (nSPS) is 12.5. The van der Waals surface area contributed by atoms with Crippen molar-refractivity contribution in [3.8, 4) is 28.7 Å². The molecule has 3 N–H and O–H groups in total. The monoisotopic (exact) mass is 524 g/mol. The van der Waals surface area contributed by atoms with Crippen LogP contribution in [0, 0.1) is 0 Å². The van der Waals surface area contributed by atoms with Gasteiger partial charge in [-0.15, -0.1) is 10.2 Å². The van der Waals surface area contributed by atoms with Gasteiger partial charge < -0.3 is 15.5 Å². The first-order chi connectivity index (χ1) is 16.5. The molecule has 2 aromatic carbocycles. The molecule has 0 unspecified atom stereocenters. The van der Waals surface area contributed by atoms with Gasteiger partial charge >= 0.3 is 6.18 Å². The van der Waals surface area contributed by atoms with Gasteiger partial charge in [0.1, 0.15) is 5.69 Å². The Morgan fingerprint density at radius 1 is 1.11 bits per heavy atom. The topological polar surface area (TPSA) is 112 Å². The van der Waals surface area contributed by atoms with Crippen molar-refractivity contribution in [2.45, 2.75) is 25.7 Å². The number of alkyl halides is 3. The van der Waals surface area contributed by atoms with Crippen molar-refractivity contribution in [2.24, 2.45) is 5.73 Å². The number of rotatable bonds is 6. The van der Waals surface area contributed by atoms with Crippen LogP contribution in [0.4, 0.5) is 13.2 Å². The van der Waals surface area contributed by atoms with E-state index in [2.05, 4.69) is 20.6 Å². The fourth-order valence-electron chi connectivity index (χ4n) is 3.14. The van der Waals surface area contributed by atoms with Gasteiger partial charge in [0.05, 0.1) is 11.7 Å². The molecule has 0 aliphatic carbocycles. The number of nitrogens with one attached hydrogen (secondary N) is 1. The number of benzene rings is 2. The molecular formula is C22H17Cl2F3N6O2. The number of halogens is 5. The fraction of sp³-hybridized carbons (Fsp3) is 0.182. The SMILES string of the molecule is C[C@H](N)C(=O)NCc1cccc(-n2nc(C(F)(F)F)cc2-c2nnc(-c3cc(Cl)cc(Cl)c3)o2)c1. The molecular weight excluding hydrogens is 508 g/mol. The average molecular weight is 525 g/mol. The van der Waals surface area contributed by atoms with E-state index in [1.54, 1.807) is 24.3 Å². The summed E-state index contributed by atoms with van der Waals surface area (Å²) in [6.45, 7) is 1.66. The minimum atomic E-state index is -4.72. The molecule has 0 aliphatic rings. The zero-order valence-corrected chi connectivity index (χ0v) is 19.5. The van der Waals surface area contributed by atoms with Gasteiger partial charge in [-0.2, -0.15) is 18.3 Å². The molecule has 1 amide bonds. The molecule has 35 heavy (non-hydrogen) atoms. The van der Waals surface area contributed by atoms with Gasteiger partial charge in [-0.25, -0.2) is 4.68 Å². The Morgan fingerprint density at radius 3 is 2.46 bits per heavy atom. The summed E-state index contributed by atoms with van der Waals surface area (Å²) in [7, 11) is 0. The summed E-state index contributed by atoms with van der Waals surface area (Å²) in [6, 6.07) is 11.1. The Morgan fingerprint density at radius 2 is 1.80 bits per heavy atom. The van der Waals surface area contributed by atoms with Crippen molar-refractivity contribution < 1.29 is 22.4 Å². The first-order valence-electron chi connectivity index (χ1n) is 10.1. The van der Waals surface area contributed by atoms with Crippen molar-refractivity contribution in [1.29, 1.82) is 0 Å². The number of hydrogen-bond acceptors (Lipinski definition) is 6. The van der Waals surface area contributed by atoms with E-state index in [-0.39, 0.29) is 35.6 Å². The number of nitrogens with two attached hydrogens (primary N) is 1. The lowest BCUT2D eigenvalue weighted by atomic mass is 10.2. The van der Waals surface area contributed by atoms with Crippen LogP contribution in [0.5, 0.6) is 0 Å². The van der Waals surface area contributed by atoms with Gasteiger partial charge in [0.2, 0.25) is 11.8 Å². The van der Waals surface area contributed by atoms with Crippen LogP contribution in [-0.4, -0.2) is 31.9 Å². The maximum Gasteiger partial charge on any atom is 0.435 e. The molecule has 8 nitrogen and oxygen atoms in total. The van der Waals surface area contributed by atoms with Crippen LogP contribution in [0.2, 0.25) is 10.0 Å². The summed E-state index contributed by atoms with van der Waals surface area (Å²) < 4.78 is 47.2. The van der Waals surface area contributed by atoms with Crippen molar-refractivity contribution in [2.75, 3.05) is 0 Å². The van der Waals surface area contributed by atoms with Crippen LogP contribution in [0.25, 0.3) is 28.7 Å². The second kappa shape index (κ2) is 9.68. The standard InChI is InChI=1S/C22H17Cl2F3N6O2/c1-11(28)19(34)29-10-12-3-2-4-16(5-12)33-17(9-18(32-33)22(25,26)27)21-31-30-20(35-21)13-6-14(23)8-15(24)7-13/h2-9,11H,10,28H2,1H3,(H,29,34)/t11-/m0/s1. The molecule has 0 saturated carbocycles. The highest BCUT2D eigenvalue weighted by Gasteiger charge is 2.36. The Hall–Kier alpha value is -3.41. The molecule has 0 fully saturated rings. The summed E-state index contributed by atoms with van der Waals surface area (Å²) in [6.07, 6.45) is -4.72. The van der Waals surface area contributed by atoms with Gasteiger partial charge in [0.15, 0.2) is 5.69 Å². The van der Waals surface area contributed by atoms with Gasteiger partial charge in [-0.3, -0.25) is 4.79 Å². The second-order valence-corrected chi connectivity index (χ2v) is 8.44. The molecule has 0 spiro atoms. The van der Waals surface area contributed by atoms with Gasteiger partial charge in [-0.05, 0) is 42.8 Å². The summed E-state index contributed by atoms with van der Waals surface area (Å²) in [5.41, 5.74) is 5.61. The van der Waals surface area contributed by atoms with Crippen molar-refractivity contribution in [3.63, 3.8) is 0 Å². The van der Waals surface area contributed by atoms with Crippen LogP contribution in [0.15, 0.2) is 52.9 Å². The van der Waals surface area contributed by atoms with E-state index in [0.717, 1.165) is 10.7 Å². The summed E-state index contributed by atoms with van der Waals surface area (Å²) in [4.78, 5) is 11.8. The van der Waals surface area contributed by atoms with Crippen LogP contribution in [0.1, 0.15) is 18.2 Å². The molecule has 13 heteroatoms. The number of hydrogen-bond donors (Lipinski definition) is 2. The maximum atomic E-state index is 13.5. The van der Waals surface area contributed by atoms with E-state index in [1.807, 2.05) is 0 Å². The first-order valence-corrected chi connectivity index (χ1v) is 10.9. The second-order valence-electron chi connectivity index (χ2n) is 7.57. The minimum absolute atomic E-state index is 0.0121. The third-order valence-corrected chi connectivity index (χ3v) is 5.23. The minimum Gasteiger partial charge on any atom is -0.415 e. The summed E-state index contributed by atoms with van der Waals surface area (Å²) in [5, 5.41) is 14.8. The molecule has 0 bridgehead atoms. The van der Waals surface area contributed by atoms with E-state index >= 15 is 0 Å². The first kappa shape index (κ1) is 24.7. The predicted molar refractivity (Wildman–Crippen MR) is 123 cm³/mol. The van der Waals surface area contributed by atoms with Gasteiger partial charge in [0.25, 0.3) is 5.89 Å². The predicted octanol–water partition coefficient (Wildman–Crippen LogP) is 4.88. The molecule has 1 atom stereocenters. The molecule has 2 aromatic heterocycles. The molecule has 2 heterocycles. The summed E-state index contributed by atoms with van der Waals surface area (Å²) >= 11 is 12.0. The zero-order chi connectivity index (χ0) is 25.3. The Balaban J connectivity index is 1.74. The van der Waals surface area contributed by atoms with Crippen molar-refractivity contribution >= 4 is 29.1 Å². The third-order valence-electron chi connectivity index (χ3n) is 4.79. The van der Waals surface area contributed by atoms with Crippen LogP contribution >= 0.6 is 23.2 Å². The zero-order valence-electron chi connectivity index (χ0n) is 18.0. The highest BCUT2D eigenvalue weighted by molar-refractivity contribution is 6.35. The largest absolute Gasteiger partial charge is 0.435 e. The van der Waals surface area contributed by atoms with E-state index < -0.39 is 17.9 Å². The number of aromatic nitrogens is 4. The smallest absolute Gasteiger partial charge is 0.415 e. The Labute approximate surface area is 206 Å². The third kappa shape index (κ3) is 5.64. The molecule has 4 rings (SSSR count). The Bertz CT molecular complexity index is 1360. The van der Waals surface area contributed by atoms with Crippen molar-refractivity contribution in [3.05, 3.63) is 69.8 Å². The van der Waals surface area contributed by atoms with E-state index in [1.165, 1.54) is 25.1 Å². The lowest BCUT2D eigenvalue weighted by molar-refractivity contribution is -0.141. The van der Waals surface area contributed by atoms with Gasteiger partial charge in [-0.1, -0.05) is 35.3 Å². The highest BCUT2D eigenvalue weighted by atomic mass is 35.5. The average Bonchev–Trinajstić information content (AvgIpc) is 3.44. The van der Waals surface area contributed by atoms with E-state index in [4.69, 9.17) is 33.4 Å². The molecule has 0 saturated heterocycles. The fourth-order valence-corrected chi connectivity index (χ4v) is 3.66. The summed E-state index contributed by atoms with van der Waals surface area (Å²) in [5.74, 6) is -0.554. The molecule has 0 aliphatic heterocycles. The van der Waals surface area contributed by atoms with Crippen molar-refractivity contribution in [1.82, 2.24) is 25.3 Å². The number of nitrogens with zero attached hydrogens (tertiary/aromatic N) is 4. The number of carbonyl (C=O) groups excluding carboxylic acids is 1. The molecule has 0 radical (unpaired) electrons. The lowest BCUT2D eigenvalue weighted by Crippen LogP contribution is -2.37. The highest BCUT2D eigenvalue weighted by Crippen LogP contribution is 2.34.